The molecular weight excluding hydrogens is 264 g/mol. The number of pyridine rings is 1. The summed E-state index contributed by atoms with van der Waals surface area (Å²) in [6, 6.07) is 13.8. The van der Waals surface area contributed by atoms with Gasteiger partial charge in [0.05, 0.1) is 13.2 Å². The Balaban J connectivity index is 1.60. The summed E-state index contributed by atoms with van der Waals surface area (Å²) in [5.74, 6) is 1.61. The standard InChI is InChI=1S/C17H22N2O2/c1-2-20-16-8-5-7-15(13-16)14-18-10-6-12-21-17-9-3-4-11-19-17/h3-5,7-9,11,13,18H,2,6,10,12,14H2,1H3. The number of hydrogen-bond acceptors (Lipinski definition) is 4. The lowest BCUT2D eigenvalue weighted by molar-refractivity contribution is 0.296. The van der Waals surface area contributed by atoms with Crippen LogP contribution in [-0.2, 0) is 6.54 Å². The maximum absolute atomic E-state index is 5.54. The van der Waals surface area contributed by atoms with Gasteiger partial charge < -0.3 is 14.8 Å². The second-order valence-electron chi connectivity index (χ2n) is 4.63. The SMILES string of the molecule is CCOc1cccc(CNCCCOc2ccccn2)c1. The summed E-state index contributed by atoms with van der Waals surface area (Å²) >= 11 is 0. The molecule has 1 aromatic heterocycles. The summed E-state index contributed by atoms with van der Waals surface area (Å²) in [4.78, 5) is 4.11. The van der Waals surface area contributed by atoms with Crippen LogP contribution in [0.2, 0.25) is 0 Å². The molecule has 1 N–H and O–H groups in total. The molecule has 0 unspecified atom stereocenters. The van der Waals surface area contributed by atoms with E-state index in [1.54, 1.807) is 6.20 Å². The van der Waals surface area contributed by atoms with Crippen LogP contribution < -0.4 is 14.8 Å². The topological polar surface area (TPSA) is 43.4 Å². The molecule has 0 saturated heterocycles. The summed E-state index contributed by atoms with van der Waals surface area (Å²) in [5.41, 5.74) is 1.23. The largest absolute Gasteiger partial charge is 0.494 e. The third kappa shape index (κ3) is 5.83. The van der Waals surface area contributed by atoms with Gasteiger partial charge in [0.15, 0.2) is 0 Å². The monoisotopic (exact) mass is 286 g/mol. The predicted octanol–water partition coefficient (Wildman–Crippen LogP) is 3.04. The summed E-state index contributed by atoms with van der Waals surface area (Å²) in [7, 11) is 0. The number of aromatic nitrogens is 1. The summed E-state index contributed by atoms with van der Waals surface area (Å²) < 4.78 is 11.0. The molecule has 4 heteroatoms. The number of ether oxygens (including phenoxy) is 2. The number of hydrogen-bond donors (Lipinski definition) is 1. The second kappa shape index (κ2) is 8.97. The lowest BCUT2D eigenvalue weighted by atomic mass is 10.2. The lowest BCUT2D eigenvalue weighted by Crippen LogP contribution is -2.17. The fourth-order valence-corrected chi connectivity index (χ4v) is 1.95. The average Bonchev–Trinajstić information content (AvgIpc) is 2.52. The Morgan fingerprint density at radius 1 is 1.10 bits per heavy atom. The Kier molecular flexibility index (Phi) is 6.55. The van der Waals surface area contributed by atoms with E-state index in [1.807, 2.05) is 37.3 Å². The Bertz CT molecular complexity index is 517. The molecule has 1 aromatic carbocycles. The van der Waals surface area contributed by atoms with Crippen LogP contribution in [0.1, 0.15) is 18.9 Å². The number of rotatable bonds is 9. The van der Waals surface area contributed by atoms with Crippen molar-refractivity contribution in [2.45, 2.75) is 19.9 Å². The van der Waals surface area contributed by atoms with Crippen LogP contribution in [0.3, 0.4) is 0 Å². The molecule has 0 bridgehead atoms. The molecule has 0 fully saturated rings. The van der Waals surface area contributed by atoms with E-state index < -0.39 is 0 Å². The van der Waals surface area contributed by atoms with Crippen LogP contribution in [0.5, 0.6) is 11.6 Å². The van der Waals surface area contributed by atoms with Gasteiger partial charge >= 0.3 is 0 Å². The molecule has 2 aromatic rings. The van der Waals surface area contributed by atoms with Crippen molar-refractivity contribution in [3.8, 4) is 11.6 Å². The van der Waals surface area contributed by atoms with Crippen molar-refractivity contribution < 1.29 is 9.47 Å². The quantitative estimate of drug-likeness (QED) is 0.720. The average molecular weight is 286 g/mol. The van der Waals surface area contributed by atoms with E-state index in [9.17, 15) is 0 Å². The van der Waals surface area contributed by atoms with Crippen LogP contribution in [0.4, 0.5) is 0 Å². The van der Waals surface area contributed by atoms with Crippen molar-refractivity contribution >= 4 is 0 Å². The zero-order chi connectivity index (χ0) is 14.8. The minimum absolute atomic E-state index is 0.670. The van der Waals surface area contributed by atoms with Gasteiger partial charge in [-0.2, -0.15) is 0 Å². The van der Waals surface area contributed by atoms with Gasteiger partial charge in [-0.25, -0.2) is 4.98 Å². The number of benzene rings is 1. The third-order valence-electron chi connectivity index (χ3n) is 2.92. The van der Waals surface area contributed by atoms with Crippen molar-refractivity contribution in [1.82, 2.24) is 10.3 Å². The fourth-order valence-electron chi connectivity index (χ4n) is 1.95. The van der Waals surface area contributed by atoms with E-state index in [1.165, 1.54) is 5.56 Å². The molecule has 0 aliphatic rings. The van der Waals surface area contributed by atoms with E-state index >= 15 is 0 Å². The maximum atomic E-state index is 5.54. The highest BCUT2D eigenvalue weighted by atomic mass is 16.5. The van der Waals surface area contributed by atoms with Gasteiger partial charge in [0, 0.05) is 18.8 Å². The predicted molar refractivity (Wildman–Crippen MR) is 83.7 cm³/mol. The Labute approximate surface area is 126 Å². The molecule has 1 heterocycles. The zero-order valence-corrected chi connectivity index (χ0v) is 12.4. The number of nitrogens with one attached hydrogen (secondary N) is 1. The molecule has 0 amide bonds. The van der Waals surface area contributed by atoms with Crippen LogP contribution in [0.25, 0.3) is 0 Å². The van der Waals surface area contributed by atoms with Crippen molar-refractivity contribution in [2.75, 3.05) is 19.8 Å². The van der Waals surface area contributed by atoms with Gasteiger partial charge in [0.25, 0.3) is 0 Å². The van der Waals surface area contributed by atoms with Gasteiger partial charge in [0.2, 0.25) is 5.88 Å². The first-order valence-corrected chi connectivity index (χ1v) is 7.35. The van der Waals surface area contributed by atoms with Crippen molar-refractivity contribution in [3.63, 3.8) is 0 Å². The molecule has 4 nitrogen and oxygen atoms in total. The molecule has 112 valence electrons. The van der Waals surface area contributed by atoms with Crippen LogP contribution in [-0.4, -0.2) is 24.7 Å². The maximum Gasteiger partial charge on any atom is 0.213 e. The third-order valence-corrected chi connectivity index (χ3v) is 2.92. The first-order valence-electron chi connectivity index (χ1n) is 7.35. The molecule has 0 spiro atoms. The van der Waals surface area contributed by atoms with E-state index in [0.717, 1.165) is 25.3 Å². The summed E-state index contributed by atoms with van der Waals surface area (Å²) in [6.07, 6.45) is 2.68. The van der Waals surface area contributed by atoms with Gasteiger partial charge in [0.1, 0.15) is 5.75 Å². The van der Waals surface area contributed by atoms with Crippen molar-refractivity contribution in [2.24, 2.45) is 0 Å². The van der Waals surface area contributed by atoms with Crippen LogP contribution >= 0.6 is 0 Å². The van der Waals surface area contributed by atoms with Gasteiger partial charge in [-0.1, -0.05) is 18.2 Å². The van der Waals surface area contributed by atoms with Crippen molar-refractivity contribution in [3.05, 3.63) is 54.2 Å². The molecule has 2 rings (SSSR count). The highest BCUT2D eigenvalue weighted by Crippen LogP contribution is 2.12. The molecule has 0 aliphatic carbocycles. The number of nitrogens with zero attached hydrogens (tertiary/aromatic N) is 1. The molecular formula is C17H22N2O2. The second-order valence-corrected chi connectivity index (χ2v) is 4.63. The van der Waals surface area contributed by atoms with E-state index in [4.69, 9.17) is 9.47 Å². The normalized spacial score (nSPS) is 10.3. The van der Waals surface area contributed by atoms with E-state index in [0.29, 0.717) is 19.1 Å². The summed E-state index contributed by atoms with van der Waals surface area (Å²) in [5, 5.41) is 3.40. The minimum atomic E-state index is 0.670. The van der Waals surface area contributed by atoms with Crippen LogP contribution in [0.15, 0.2) is 48.7 Å². The van der Waals surface area contributed by atoms with Gasteiger partial charge in [-0.15, -0.1) is 0 Å². The molecule has 21 heavy (non-hydrogen) atoms. The van der Waals surface area contributed by atoms with Crippen LogP contribution in [0, 0.1) is 0 Å². The smallest absolute Gasteiger partial charge is 0.213 e. The Morgan fingerprint density at radius 2 is 2.05 bits per heavy atom. The first kappa shape index (κ1) is 15.3. The van der Waals surface area contributed by atoms with E-state index in [-0.39, 0.29) is 0 Å². The van der Waals surface area contributed by atoms with Crippen molar-refractivity contribution in [1.29, 1.82) is 0 Å². The lowest BCUT2D eigenvalue weighted by Gasteiger charge is -2.08. The minimum Gasteiger partial charge on any atom is -0.494 e. The fraction of sp³-hybridized carbons (Fsp3) is 0.353. The highest BCUT2D eigenvalue weighted by Gasteiger charge is 1.97. The highest BCUT2D eigenvalue weighted by molar-refractivity contribution is 5.28. The molecule has 0 atom stereocenters. The van der Waals surface area contributed by atoms with Gasteiger partial charge in [-0.3, -0.25) is 0 Å². The molecule has 0 saturated carbocycles. The zero-order valence-electron chi connectivity index (χ0n) is 12.4. The van der Waals surface area contributed by atoms with E-state index in [2.05, 4.69) is 22.4 Å². The Morgan fingerprint density at radius 3 is 2.86 bits per heavy atom. The first-order chi connectivity index (χ1) is 10.4. The Hall–Kier alpha value is -2.07. The molecule has 0 radical (unpaired) electrons. The van der Waals surface area contributed by atoms with Gasteiger partial charge in [-0.05, 0) is 43.7 Å². The summed E-state index contributed by atoms with van der Waals surface area (Å²) in [6.45, 7) is 5.10. The molecule has 0 aliphatic heterocycles.